The Morgan fingerprint density at radius 3 is 2.56 bits per heavy atom. The third-order valence-corrected chi connectivity index (χ3v) is 4.31. The van der Waals surface area contributed by atoms with E-state index in [1.165, 1.54) is 0 Å². The summed E-state index contributed by atoms with van der Waals surface area (Å²) in [5.74, 6) is 0.0416. The summed E-state index contributed by atoms with van der Waals surface area (Å²) in [7, 11) is 0. The van der Waals surface area contributed by atoms with Crippen molar-refractivity contribution >= 4 is 43.5 Å². The van der Waals surface area contributed by atoms with E-state index in [2.05, 4.69) is 42.5 Å². The molecular formula is C13H16Br2N2O. The van der Waals surface area contributed by atoms with Gasteiger partial charge in [-0.15, -0.1) is 0 Å². The number of amides is 1. The molecule has 1 atom stereocenters. The predicted molar refractivity (Wildman–Crippen MR) is 80.9 cm³/mol. The highest BCUT2D eigenvalue weighted by molar-refractivity contribution is 9.11. The predicted octanol–water partition coefficient (Wildman–Crippen LogP) is 3.60. The van der Waals surface area contributed by atoms with Gasteiger partial charge in [0.15, 0.2) is 0 Å². The van der Waals surface area contributed by atoms with Crippen LogP contribution < -0.4 is 10.6 Å². The lowest BCUT2D eigenvalue weighted by atomic mass is 10.0. The van der Waals surface area contributed by atoms with Gasteiger partial charge in [0.05, 0.1) is 11.7 Å². The van der Waals surface area contributed by atoms with Crippen molar-refractivity contribution in [3.8, 4) is 0 Å². The highest BCUT2D eigenvalue weighted by Crippen LogP contribution is 2.32. The van der Waals surface area contributed by atoms with Crippen LogP contribution in [-0.2, 0) is 4.79 Å². The fraction of sp³-hybridized carbons (Fsp3) is 0.462. The Morgan fingerprint density at radius 1 is 1.33 bits per heavy atom. The van der Waals surface area contributed by atoms with Crippen LogP contribution in [0.2, 0.25) is 0 Å². The molecule has 3 nitrogen and oxygen atoms in total. The van der Waals surface area contributed by atoms with Crippen molar-refractivity contribution in [3.63, 3.8) is 0 Å². The fourth-order valence-corrected chi connectivity index (χ4v) is 3.72. The zero-order valence-corrected chi connectivity index (χ0v) is 13.4. The van der Waals surface area contributed by atoms with Gasteiger partial charge in [-0.25, -0.2) is 0 Å². The van der Waals surface area contributed by atoms with Gasteiger partial charge in [-0.2, -0.15) is 0 Å². The summed E-state index contributed by atoms with van der Waals surface area (Å²) in [6.07, 6.45) is 3.18. The van der Waals surface area contributed by atoms with E-state index in [-0.39, 0.29) is 11.9 Å². The monoisotopic (exact) mass is 374 g/mol. The average Bonchev–Trinajstić information content (AvgIpc) is 2.34. The van der Waals surface area contributed by atoms with E-state index in [9.17, 15) is 4.79 Å². The number of rotatable bonds is 2. The molecule has 2 N–H and O–H groups in total. The van der Waals surface area contributed by atoms with E-state index in [1.54, 1.807) is 0 Å². The second-order valence-corrected chi connectivity index (χ2v) is 6.30. The van der Waals surface area contributed by atoms with E-state index in [1.807, 2.05) is 19.1 Å². The molecule has 0 unspecified atom stereocenters. The maximum absolute atomic E-state index is 12.1. The van der Waals surface area contributed by atoms with Gasteiger partial charge in [-0.3, -0.25) is 4.79 Å². The first-order valence-electron chi connectivity index (χ1n) is 6.08. The Morgan fingerprint density at radius 2 is 2.00 bits per heavy atom. The summed E-state index contributed by atoms with van der Waals surface area (Å²) in [6, 6.07) is 3.92. The normalized spacial score (nSPS) is 19.6. The van der Waals surface area contributed by atoms with Crippen LogP contribution in [0.15, 0.2) is 21.1 Å². The SMILES string of the molecule is Cc1cc(Br)c(NC(=O)[C@@H]2CCCCN2)c(Br)c1. The lowest BCUT2D eigenvalue weighted by Crippen LogP contribution is -2.43. The van der Waals surface area contributed by atoms with Gasteiger partial charge in [-0.05, 0) is 75.9 Å². The number of hydrogen-bond donors (Lipinski definition) is 2. The summed E-state index contributed by atoms with van der Waals surface area (Å²) in [4.78, 5) is 12.1. The molecule has 1 saturated heterocycles. The number of benzene rings is 1. The number of carbonyl (C=O) groups excluding carboxylic acids is 1. The molecule has 0 aliphatic carbocycles. The third-order valence-electron chi connectivity index (χ3n) is 3.06. The quantitative estimate of drug-likeness (QED) is 0.829. The smallest absolute Gasteiger partial charge is 0.241 e. The van der Waals surface area contributed by atoms with Crippen molar-refractivity contribution < 1.29 is 4.79 Å². The van der Waals surface area contributed by atoms with Crippen molar-refractivity contribution in [3.05, 3.63) is 26.6 Å². The summed E-state index contributed by atoms with van der Waals surface area (Å²) >= 11 is 6.97. The molecule has 5 heteroatoms. The lowest BCUT2D eigenvalue weighted by Gasteiger charge is -2.23. The Labute approximate surface area is 124 Å². The van der Waals surface area contributed by atoms with Crippen molar-refractivity contribution in [1.29, 1.82) is 0 Å². The van der Waals surface area contributed by atoms with Gasteiger partial charge in [0.2, 0.25) is 5.91 Å². The Bertz CT molecular complexity index is 433. The maximum atomic E-state index is 12.1. The first-order valence-corrected chi connectivity index (χ1v) is 7.66. The molecule has 0 saturated carbocycles. The molecule has 1 aliphatic rings. The average molecular weight is 376 g/mol. The summed E-state index contributed by atoms with van der Waals surface area (Å²) in [5, 5.41) is 6.23. The molecule has 1 aromatic carbocycles. The minimum Gasteiger partial charge on any atom is -0.323 e. The second kappa shape index (κ2) is 6.17. The van der Waals surface area contributed by atoms with E-state index < -0.39 is 0 Å². The van der Waals surface area contributed by atoms with Crippen molar-refractivity contribution in [2.75, 3.05) is 11.9 Å². The summed E-state index contributed by atoms with van der Waals surface area (Å²) in [5.41, 5.74) is 1.94. The number of piperidine rings is 1. The van der Waals surface area contributed by atoms with Gasteiger partial charge in [0.1, 0.15) is 0 Å². The van der Waals surface area contributed by atoms with Crippen molar-refractivity contribution in [2.24, 2.45) is 0 Å². The maximum Gasteiger partial charge on any atom is 0.241 e. The highest BCUT2D eigenvalue weighted by Gasteiger charge is 2.21. The van der Waals surface area contributed by atoms with Crippen LogP contribution in [-0.4, -0.2) is 18.5 Å². The van der Waals surface area contributed by atoms with Crippen LogP contribution >= 0.6 is 31.9 Å². The zero-order chi connectivity index (χ0) is 13.1. The molecule has 0 radical (unpaired) electrons. The molecule has 98 valence electrons. The highest BCUT2D eigenvalue weighted by atomic mass is 79.9. The number of hydrogen-bond acceptors (Lipinski definition) is 2. The molecule has 2 rings (SSSR count). The minimum atomic E-state index is -0.0705. The molecular weight excluding hydrogens is 360 g/mol. The standard InChI is InChI=1S/C13H16Br2N2O/c1-8-6-9(14)12(10(15)7-8)17-13(18)11-4-2-3-5-16-11/h6-7,11,16H,2-5H2,1H3,(H,17,18)/t11-/m0/s1. The van der Waals surface area contributed by atoms with Crippen LogP contribution in [0.25, 0.3) is 0 Å². The largest absolute Gasteiger partial charge is 0.323 e. The number of aryl methyl sites for hydroxylation is 1. The number of anilines is 1. The zero-order valence-electron chi connectivity index (χ0n) is 10.2. The van der Waals surface area contributed by atoms with Crippen molar-refractivity contribution in [1.82, 2.24) is 5.32 Å². The van der Waals surface area contributed by atoms with Gasteiger partial charge in [-0.1, -0.05) is 6.42 Å². The first-order chi connectivity index (χ1) is 8.58. The first kappa shape index (κ1) is 14.0. The second-order valence-electron chi connectivity index (χ2n) is 4.60. The molecule has 0 aromatic heterocycles. The molecule has 1 fully saturated rings. The number of nitrogens with one attached hydrogen (secondary N) is 2. The molecule has 1 aromatic rings. The van der Waals surface area contributed by atoms with Gasteiger partial charge in [0.25, 0.3) is 0 Å². The van der Waals surface area contributed by atoms with Crippen LogP contribution in [0.1, 0.15) is 24.8 Å². The van der Waals surface area contributed by atoms with Gasteiger partial charge in [0, 0.05) is 8.95 Å². The van der Waals surface area contributed by atoms with Crippen LogP contribution in [0.3, 0.4) is 0 Å². The Kier molecular flexibility index (Phi) is 4.81. The molecule has 0 spiro atoms. The third kappa shape index (κ3) is 3.33. The topological polar surface area (TPSA) is 41.1 Å². The Balaban J connectivity index is 2.11. The van der Waals surface area contributed by atoms with Gasteiger partial charge < -0.3 is 10.6 Å². The van der Waals surface area contributed by atoms with Crippen molar-refractivity contribution in [2.45, 2.75) is 32.2 Å². The summed E-state index contributed by atoms with van der Waals surface area (Å²) in [6.45, 7) is 2.94. The molecule has 1 heterocycles. The molecule has 0 bridgehead atoms. The lowest BCUT2D eigenvalue weighted by molar-refractivity contribution is -0.118. The number of halogens is 2. The molecule has 18 heavy (non-hydrogen) atoms. The van der Waals surface area contributed by atoms with E-state index in [0.717, 1.165) is 46.0 Å². The van der Waals surface area contributed by atoms with E-state index in [0.29, 0.717) is 0 Å². The fourth-order valence-electron chi connectivity index (χ4n) is 2.11. The number of carbonyl (C=O) groups is 1. The van der Waals surface area contributed by atoms with E-state index >= 15 is 0 Å². The van der Waals surface area contributed by atoms with Crippen LogP contribution in [0.4, 0.5) is 5.69 Å². The van der Waals surface area contributed by atoms with E-state index in [4.69, 9.17) is 0 Å². The summed E-state index contributed by atoms with van der Waals surface area (Å²) < 4.78 is 1.80. The van der Waals surface area contributed by atoms with Gasteiger partial charge >= 0.3 is 0 Å². The van der Waals surface area contributed by atoms with Crippen LogP contribution in [0, 0.1) is 6.92 Å². The van der Waals surface area contributed by atoms with Crippen LogP contribution in [0.5, 0.6) is 0 Å². The molecule has 1 amide bonds. The molecule has 1 aliphatic heterocycles. The Hall–Kier alpha value is -0.390. The minimum absolute atomic E-state index is 0.0416.